The first kappa shape index (κ1) is 22.0. The van der Waals surface area contributed by atoms with Crippen molar-refractivity contribution in [2.75, 3.05) is 11.5 Å². The van der Waals surface area contributed by atoms with Crippen molar-refractivity contribution in [3.8, 4) is 11.5 Å². The van der Waals surface area contributed by atoms with Gasteiger partial charge in [-0.15, -0.1) is 0 Å². The minimum absolute atomic E-state index is 0.0614. The average Bonchev–Trinajstić information content (AvgIpc) is 2.79. The van der Waals surface area contributed by atoms with Gasteiger partial charge in [0.15, 0.2) is 0 Å². The zero-order valence-electron chi connectivity index (χ0n) is 17.9. The highest BCUT2D eigenvalue weighted by molar-refractivity contribution is 5.93. The number of aryl methyl sites for hydroxylation is 2. The normalized spacial score (nSPS) is 11.0. The molecular formula is C26H24N2O5. The van der Waals surface area contributed by atoms with E-state index >= 15 is 0 Å². The molecule has 0 bridgehead atoms. The Morgan fingerprint density at radius 3 is 1.48 bits per heavy atom. The Morgan fingerprint density at radius 1 is 0.667 bits per heavy atom. The summed E-state index contributed by atoms with van der Waals surface area (Å²) in [7, 11) is 0. The molecule has 6 N–H and O–H groups in total. The molecule has 0 saturated carbocycles. The number of phenols is 2. The van der Waals surface area contributed by atoms with Crippen molar-refractivity contribution in [2.45, 2.75) is 25.7 Å². The summed E-state index contributed by atoms with van der Waals surface area (Å²) in [5.41, 5.74) is 13.8. The van der Waals surface area contributed by atoms with Crippen LogP contribution in [0.15, 0.2) is 60.7 Å². The number of phenolic OH excluding ortho intramolecular Hbond substituents is 2. The largest absolute Gasteiger partial charge is 0.507 e. The molecule has 0 atom stereocenters. The third kappa shape index (κ3) is 4.82. The first-order valence-corrected chi connectivity index (χ1v) is 10.6. The molecule has 0 saturated heterocycles. The molecule has 7 nitrogen and oxygen atoms in total. The van der Waals surface area contributed by atoms with Crippen molar-refractivity contribution in [3.63, 3.8) is 0 Å². The predicted octanol–water partition coefficient (Wildman–Crippen LogP) is 4.20. The van der Waals surface area contributed by atoms with E-state index in [-0.39, 0.29) is 37.2 Å². The number of fused-ring (bicyclic) bond motifs is 2. The van der Waals surface area contributed by atoms with Crippen molar-refractivity contribution in [3.05, 3.63) is 71.8 Å². The summed E-state index contributed by atoms with van der Waals surface area (Å²) in [6.45, 7) is 0. The fraction of sp³-hybridized carbons (Fsp3) is 0.154. The number of carbonyl (C=O) groups excluding carboxylic acids is 2. The van der Waals surface area contributed by atoms with E-state index in [0.29, 0.717) is 33.3 Å². The van der Waals surface area contributed by atoms with Gasteiger partial charge in [0.25, 0.3) is 0 Å². The van der Waals surface area contributed by atoms with Crippen LogP contribution in [0.25, 0.3) is 21.5 Å². The predicted molar refractivity (Wildman–Crippen MR) is 128 cm³/mol. The van der Waals surface area contributed by atoms with Crippen LogP contribution in [0.2, 0.25) is 0 Å². The number of anilines is 2. The second kappa shape index (κ2) is 9.08. The van der Waals surface area contributed by atoms with E-state index in [1.165, 1.54) is 0 Å². The highest BCUT2D eigenvalue weighted by Crippen LogP contribution is 2.32. The van der Waals surface area contributed by atoms with Gasteiger partial charge in [-0.2, -0.15) is 0 Å². The molecule has 4 aromatic carbocycles. The molecule has 168 valence electrons. The van der Waals surface area contributed by atoms with Gasteiger partial charge in [-0.3, -0.25) is 9.59 Å². The Labute approximate surface area is 190 Å². The number of hydrogen-bond donors (Lipinski definition) is 4. The molecule has 0 heterocycles. The van der Waals surface area contributed by atoms with Crippen molar-refractivity contribution in [1.29, 1.82) is 0 Å². The minimum atomic E-state index is -0.678. The topological polar surface area (TPSA) is 136 Å². The maximum absolute atomic E-state index is 12.1. The van der Waals surface area contributed by atoms with Gasteiger partial charge >= 0.3 is 11.9 Å². The molecule has 0 aliphatic carbocycles. The van der Waals surface area contributed by atoms with Crippen LogP contribution in [-0.4, -0.2) is 22.2 Å². The van der Waals surface area contributed by atoms with Crippen LogP contribution in [0.1, 0.15) is 24.0 Å². The molecule has 0 unspecified atom stereocenters. The van der Waals surface area contributed by atoms with Crippen molar-refractivity contribution < 1.29 is 24.5 Å². The number of nitrogen functional groups attached to an aromatic ring is 2. The average molecular weight is 444 g/mol. The number of benzene rings is 4. The third-order valence-electron chi connectivity index (χ3n) is 5.63. The van der Waals surface area contributed by atoms with Gasteiger partial charge in [-0.25, -0.2) is 0 Å². The summed E-state index contributed by atoms with van der Waals surface area (Å²) >= 11 is 0. The smallest absolute Gasteiger partial charge is 0.313 e. The molecule has 0 spiro atoms. The van der Waals surface area contributed by atoms with Gasteiger partial charge in [0, 0.05) is 22.1 Å². The molecule has 0 aliphatic heterocycles. The summed E-state index contributed by atoms with van der Waals surface area (Å²) in [6, 6.07) is 17.6. The molecule has 33 heavy (non-hydrogen) atoms. The van der Waals surface area contributed by atoms with Crippen molar-refractivity contribution >= 4 is 44.9 Å². The Morgan fingerprint density at radius 2 is 1.06 bits per heavy atom. The highest BCUT2D eigenvalue weighted by atomic mass is 16.6. The number of hydrogen-bond acceptors (Lipinski definition) is 7. The molecular weight excluding hydrogens is 420 g/mol. The van der Waals surface area contributed by atoms with Gasteiger partial charge in [-0.1, -0.05) is 36.4 Å². The molecule has 4 rings (SSSR count). The van der Waals surface area contributed by atoms with E-state index in [4.69, 9.17) is 16.2 Å². The molecule has 4 aromatic rings. The second-order valence-electron chi connectivity index (χ2n) is 7.95. The lowest BCUT2D eigenvalue weighted by Gasteiger charge is -2.10. The quantitative estimate of drug-likeness (QED) is 0.199. The third-order valence-corrected chi connectivity index (χ3v) is 5.63. The number of nitrogens with two attached hydrogens (primary N) is 2. The molecule has 0 aliphatic rings. The summed E-state index contributed by atoms with van der Waals surface area (Å²) in [6.07, 6.45) is 0.312. The van der Waals surface area contributed by atoms with Crippen LogP contribution >= 0.6 is 0 Å². The van der Waals surface area contributed by atoms with Gasteiger partial charge in [0.05, 0.1) is 12.8 Å². The molecule has 0 fully saturated rings. The van der Waals surface area contributed by atoms with Gasteiger partial charge in [0.2, 0.25) is 0 Å². The van der Waals surface area contributed by atoms with Crippen LogP contribution in [0.3, 0.4) is 0 Å². The van der Waals surface area contributed by atoms with E-state index < -0.39 is 11.9 Å². The maximum Gasteiger partial charge on any atom is 0.313 e. The van der Waals surface area contributed by atoms with Gasteiger partial charge in [-0.05, 0) is 59.0 Å². The van der Waals surface area contributed by atoms with Crippen LogP contribution in [-0.2, 0) is 27.2 Å². The zero-order chi connectivity index (χ0) is 23.5. The minimum Gasteiger partial charge on any atom is -0.507 e. The SMILES string of the molecule is Nc1ccc2ccc(CCC(=O)OC(=O)CCc3ccc4ccc(N)cc4c3O)c(O)c2c1. The highest BCUT2D eigenvalue weighted by Gasteiger charge is 2.15. The van der Waals surface area contributed by atoms with Gasteiger partial charge < -0.3 is 26.4 Å². The summed E-state index contributed by atoms with van der Waals surface area (Å²) in [4.78, 5) is 24.3. The lowest BCUT2D eigenvalue weighted by molar-refractivity contribution is -0.159. The summed E-state index contributed by atoms with van der Waals surface area (Å²) < 4.78 is 4.91. The Hall–Kier alpha value is -4.26. The maximum atomic E-state index is 12.1. The number of carbonyl (C=O) groups is 2. The molecule has 0 amide bonds. The zero-order valence-corrected chi connectivity index (χ0v) is 17.9. The molecule has 0 radical (unpaired) electrons. The van der Waals surface area contributed by atoms with Crippen molar-refractivity contribution in [1.82, 2.24) is 0 Å². The number of esters is 2. The van der Waals surface area contributed by atoms with Gasteiger partial charge in [0.1, 0.15) is 11.5 Å². The lowest BCUT2D eigenvalue weighted by Crippen LogP contribution is -2.13. The molecule has 0 aromatic heterocycles. The van der Waals surface area contributed by atoms with E-state index in [0.717, 1.165) is 10.8 Å². The van der Waals surface area contributed by atoms with Crippen LogP contribution in [0.4, 0.5) is 11.4 Å². The van der Waals surface area contributed by atoms with E-state index in [1.807, 2.05) is 24.3 Å². The fourth-order valence-electron chi connectivity index (χ4n) is 3.84. The number of ether oxygens (including phenoxy) is 1. The van der Waals surface area contributed by atoms with E-state index in [1.54, 1.807) is 36.4 Å². The van der Waals surface area contributed by atoms with Crippen LogP contribution in [0, 0.1) is 0 Å². The van der Waals surface area contributed by atoms with Crippen molar-refractivity contribution in [2.24, 2.45) is 0 Å². The van der Waals surface area contributed by atoms with E-state index in [2.05, 4.69) is 0 Å². The Bertz CT molecular complexity index is 1280. The van der Waals surface area contributed by atoms with Crippen LogP contribution in [0.5, 0.6) is 11.5 Å². The second-order valence-corrected chi connectivity index (χ2v) is 7.95. The molecule has 7 heteroatoms. The first-order chi connectivity index (χ1) is 15.8. The van der Waals surface area contributed by atoms with Crippen LogP contribution < -0.4 is 11.5 Å². The fourth-order valence-corrected chi connectivity index (χ4v) is 3.84. The monoisotopic (exact) mass is 444 g/mol. The number of rotatable bonds is 6. The lowest BCUT2D eigenvalue weighted by atomic mass is 10.0. The number of aromatic hydroxyl groups is 2. The standard InChI is InChI=1S/C26H24N2O5/c27-19-9-5-15-1-3-17(25(31)21(15)13-19)7-11-23(29)33-24(30)12-8-18-4-2-16-6-10-20(28)14-22(16)26(18)32/h1-6,9-10,13-14,31-32H,7-8,11-12,27-28H2. The van der Waals surface area contributed by atoms with E-state index in [9.17, 15) is 19.8 Å². The summed E-state index contributed by atoms with van der Waals surface area (Å²) in [5, 5.41) is 23.9. The first-order valence-electron chi connectivity index (χ1n) is 10.6. The Kier molecular flexibility index (Phi) is 6.04. The Balaban J connectivity index is 1.34. The summed E-state index contributed by atoms with van der Waals surface area (Å²) in [5.74, 6) is -1.23.